The Morgan fingerprint density at radius 2 is 2.18 bits per heavy atom. The molecule has 3 unspecified atom stereocenters. The SMILES string of the molecule is CC1CCC(C(O)Cc2ccc(Cl)cc2Cl)O1. The van der Waals surface area contributed by atoms with Crippen LogP contribution in [0.5, 0.6) is 0 Å². The molecule has 0 radical (unpaired) electrons. The fourth-order valence-corrected chi connectivity index (χ4v) is 2.65. The largest absolute Gasteiger partial charge is 0.390 e. The lowest BCUT2D eigenvalue weighted by Gasteiger charge is -2.19. The van der Waals surface area contributed by atoms with E-state index in [4.69, 9.17) is 27.9 Å². The Hall–Kier alpha value is -0.280. The third-order valence-corrected chi connectivity index (χ3v) is 3.73. The summed E-state index contributed by atoms with van der Waals surface area (Å²) in [7, 11) is 0. The number of rotatable bonds is 3. The molecule has 0 aromatic heterocycles. The molecule has 0 bridgehead atoms. The van der Waals surface area contributed by atoms with Gasteiger partial charge in [0.05, 0.1) is 18.3 Å². The van der Waals surface area contributed by atoms with Crippen LogP contribution in [0.25, 0.3) is 0 Å². The number of aliphatic hydroxyl groups excluding tert-OH is 1. The third-order valence-electron chi connectivity index (χ3n) is 3.14. The Balaban J connectivity index is 2.00. The normalized spacial score (nSPS) is 26.1. The Bertz CT molecular complexity index is 395. The van der Waals surface area contributed by atoms with Crippen molar-refractivity contribution in [3.63, 3.8) is 0 Å². The fraction of sp³-hybridized carbons (Fsp3) is 0.538. The minimum atomic E-state index is -0.501. The molecule has 1 fully saturated rings. The number of benzene rings is 1. The van der Waals surface area contributed by atoms with E-state index in [-0.39, 0.29) is 12.2 Å². The summed E-state index contributed by atoms with van der Waals surface area (Å²) in [6, 6.07) is 5.34. The molecule has 3 atom stereocenters. The molecule has 1 saturated heterocycles. The van der Waals surface area contributed by atoms with Crippen LogP contribution in [0.4, 0.5) is 0 Å². The van der Waals surface area contributed by atoms with Gasteiger partial charge in [-0.3, -0.25) is 0 Å². The van der Waals surface area contributed by atoms with Gasteiger partial charge >= 0.3 is 0 Å². The molecule has 0 spiro atoms. The van der Waals surface area contributed by atoms with Crippen LogP contribution in [-0.4, -0.2) is 23.4 Å². The Labute approximate surface area is 111 Å². The maximum atomic E-state index is 10.1. The highest BCUT2D eigenvalue weighted by atomic mass is 35.5. The van der Waals surface area contributed by atoms with Gasteiger partial charge < -0.3 is 9.84 Å². The van der Waals surface area contributed by atoms with Crippen molar-refractivity contribution in [2.45, 2.75) is 44.5 Å². The number of hydrogen-bond donors (Lipinski definition) is 1. The maximum Gasteiger partial charge on any atom is 0.0842 e. The lowest BCUT2D eigenvalue weighted by molar-refractivity contribution is -0.0278. The van der Waals surface area contributed by atoms with E-state index in [2.05, 4.69) is 0 Å². The van der Waals surface area contributed by atoms with Crippen molar-refractivity contribution in [2.75, 3.05) is 0 Å². The Kier molecular flexibility index (Phi) is 4.31. The predicted molar refractivity (Wildman–Crippen MR) is 69.7 cm³/mol. The van der Waals surface area contributed by atoms with Gasteiger partial charge in [0, 0.05) is 16.5 Å². The molecule has 1 aliphatic rings. The fourth-order valence-electron chi connectivity index (χ4n) is 2.16. The van der Waals surface area contributed by atoms with Gasteiger partial charge in [0.2, 0.25) is 0 Å². The van der Waals surface area contributed by atoms with Crippen molar-refractivity contribution >= 4 is 23.2 Å². The van der Waals surface area contributed by atoms with Crippen LogP contribution in [0, 0.1) is 0 Å². The van der Waals surface area contributed by atoms with E-state index in [1.165, 1.54) is 0 Å². The second-order valence-corrected chi connectivity index (χ2v) is 5.41. The molecule has 1 aromatic carbocycles. The molecular formula is C13H16Cl2O2. The van der Waals surface area contributed by atoms with Crippen LogP contribution in [-0.2, 0) is 11.2 Å². The molecule has 1 aliphatic heterocycles. The average Bonchev–Trinajstić information content (AvgIpc) is 2.69. The van der Waals surface area contributed by atoms with Crippen molar-refractivity contribution in [2.24, 2.45) is 0 Å². The van der Waals surface area contributed by atoms with E-state index in [9.17, 15) is 5.11 Å². The Morgan fingerprint density at radius 1 is 1.41 bits per heavy atom. The molecule has 0 aliphatic carbocycles. The summed E-state index contributed by atoms with van der Waals surface area (Å²) in [6.45, 7) is 2.03. The molecule has 1 heterocycles. The molecule has 17 heavy (non-hydrogen) atoms. The highest BCUT2D eigenvalue weighted by Gasteiger charge is 2.28. The van der Waals surface area contributed by atoms with Gasteiger partial charge in [-0.1, -0.05) is 29.3 Å². The molecule has 4 heteroatoms. The molecular weight excluding hydrogens is 259 g/mol. The van der Waals surface area contributed by atoms with Crippen LogP contribution in [0.2, 0.25) is 10.0 Å². The quantitative estimate of drug-likeness (QED) is 0.915. The van der Waals surface area contributed by atoms with Gasteiger partial charge in [0.25, 0.3) is 0 Å². The number of ether oxygens (including phenoxy) is 1. The molecule has 1 aromatic rings. The van der Waals surface area contributed by atoms with Gasteiger partial charge in [-0.15, -0.1) is 0 Å². The van der Waals surface area contributed by atoms with Crippen molar-refractivity contribution < 1.29 is 9.84 Å². The monoisotopic (exact) mass is 274 g/mol. The molecule has 94 valence electrons. The summed E-state index contributed by atoms with van der Waals surface area (Å²) in [5, 5.41) is 11.3. The van der Waals surface area contributed by atoms with Gasteiger partial charge in [0.1, 0.15) is 0 Å². The zero-order valence-corrected chi connectivity index (χ0v) is 11.2. The first kappa shape index (κ1) is 13.2. The minimum Gasteiger partial charge on any atom is -0.390 e. The summed E-state index contributed by atoms with van der Waals surface area (Å²) in [6.07, 6.45) is 2.10. The van der Waals surface area contributed by atoms with Crippen LogP contribution in [0.15, 0.2) is 18.2 Å². The standard InChI is InChI=1S/C13H16Cl2O2/c1-8-2-5-13(17-8)12(16)6-9-3-4-10(14)7-11(9)15/h3-4,7-8,12-13,16H,2,5-6H2,1H3. The van der Waals surface area contributed by atoms with Crippen molar-refractivity contribution in [3.8, 4) is 0 Å². The van der Waals surface area contributed by atoms with Crippen LogP contribution >= 0.6 is 23.2 Å². The summed E-state index contributed by atoms with van der Waals surface area (Å²) in [5.41, 5.74) is 0.909. The lowest BCUT2D eigenvalue weighted by Crippen LogP contribution is -2.28. The van der Waals surface area contributed by atoms with E-state index in [1.807, 2.05) is 13.0 Å². The topological polar surface area (TPSA) is 29.5 Å². The van der Waals surface area contributed by atoms with Crippen molar-refractivity contribution in [1.82, 2.24) is 0 Å². The number of hydrogen-bond acceptors (Lipinski definition) is 2. The third kappa shape index (κ3) is 3.35. The van der Waals surface area contributed by atoms with Gasteiger partial charge in [-0.05, 0) is 37.5 Å². The molecule has 0 amide bonds. The van der Waals surface area contributed by atoms with Gasteiger partial charge in [-0.25, -0.2) is 0 Å². The lowest BCUT2D eigenvalue weighted by atomic mass is 10.0. The van der Waals surface area contributed by atoms with Crippen LogP contribution < -0.4 is 0 Å². The zero-order valence-electron chi connectivity index (χ0n) is 9.70. The summed E-state index contributed by atoms with van der Waals surface area (Å²) in [5.74, 6) is 0. The van der Waals surface area contributed by atoms with Crippen LogP contribution in [0.3, 0.4) is 0 Å². The highest BCUT2D eigenvalue weighted by Crippen LogP contribution is 2.26. The first-order valence-corrected chi connectivity index (χ1v) is 6.59. The summed E-state index contributed by atoms with van der Waals surface area (Å²) >= 11 is 11.9. The predicted octanol–water partition coefficient (Wildman–Crippen LogP) is 3.46. The number of halogens is 2. The van der Waals surface area contributed by atoms with E-state index in [0.717, 1.165) is 18.4 Å². The first-order chi connectivity index (χ1) is 8.06. The Morgan fingerprint density at radius 3 is 2.76 bits per heavy atom. The highest BCUT2D eigenvalue weighted by molar-refractivity contribution is 6.35. The zero-order chi connectivity index (χ0) is 12.4. The summed E-state index contributed by atoms with van der Waals surface area (Å²) in [4.78, 5) is 0. The van der Waals surface area contributed by atoms with Crippen molar-refractivity contribution in [1.29, 1.82) is 0 Å². The maximum absolute atomic E-state index is 10.1. The van der Waals surface area contributed by atoms with E-state index in [0.29, 0.717) is 16.5 Å². The number of aliphatic hydroxyl groups is 1. The summed E-state index contributed by atoms with van der Waals surface area (Å²) < 4.78 is 5.64. The first-order valence-electron chi connectivity index (χ1n) is 5.83. The molecule has 1 N–H and O–H groups in total. The van der Waals surface area contributed by atoms with Crippen LogP contribution in [0.1, 0.15) is 25.3 Å². The average molecular weight is 275 g/mol. The second kappa shape index (κ2) is 5.57. The van der Waals surface area contributed by atoms with E-state index in [1.54, 1.807) is 12.1 Å². The second-order valence-electron chi connectivity index (χ2n) is 4.57. The minimum absolute atomic E-state index is 0.0725. The molecule has 0 saturated carbocycles. The van der Waals surface area contributed by atoms with E-state index < -0.39 is 6.10 Å². The molecule has 2 rings (SSSR count). The van der Waals surface area contributed by atoms with Gasteiger partial charge in [-0.2, -0.15) is 0 Å². The van der Waals surface area contributed by atoms with E-state index >= 15 is 0 Å². The smallest absolute Gasteiger partial charge is 0.0842 e. The van der Waals surface area contributed by atoms with Crippen molar-refractivity contribution in [3.05, 3.63) is 33.8 Å². The van der Waals surface area contributed by atoms with Gasteiger partial charge in [0.15, 0.2) is 0 Å². The molecule has 2 nitrogen and oxygen atoms in total.